The zero-order chi connectivity index (χ0) is 22.8. The van der Waals surface area contributed by atoms with Crippen molar-refractivity contribution >= 4 is 47.8 Å². The lowest BCUT2D eigenvalue weighted by Gasteiger charge is -2.21. The lowest BCUT2D eigenvalue weighted by Crippen LogP contribution is -2.58. The van der Waals surface area contributed by atoms with Crippen LogP contribution in [0, 0.1) is 0 Å². The van der Waals surface area contributed by atoms with Crippen LogP contribution in [0.4, 0.5) is 19.2 Å². The van der Waals surface area contributed by atoms with Crippen molar-refractivity contribution in [2.24, 2.45) is 0 Å². The van der Waals surface area contributed by atoms with E-state index in [1.807, 2.05) is 12.5 Å². The molecule has 14 heteroatoms. The van der Waals surface area contributed by atoms with E-state index >= 15 is 0 Å². The number of urea groups is 2. The molecule has 0 heterocycles. The molecule has 0 aliphatic heterocycles. The Hall–Kier alpha value is -2.22. The summed E-state index contributed by atoms with van der Waals surface area (Å²) in [4.78, 5) is 47.2. The van der Waals surface area contributed by atoms with Gasteiger partial charge in [0.2, 0.25) is 0 Å². The minimum atomic E-state index is -0.730. The summed E-state index contributed by atoms with van der Waals surface area (Å²) in [6.45, 7) is 3.74. The van der Waals surface area contributed by atoms with Crippen molar-refractivity contribution < 1.29 is 28.7 Å². The second kappa shape index (κ2) is 17.6. The molecule has 0 radical (unpaired) electrons. The van der Waals surface area contributed by atoms with Gasteiger partial charge in [0.1, 0.15) is 12.3 Å². The summed E-state index contributed by atoms with van der Waals surface area (Å²) in [6.07, 6.45) is 2.03. The highest BCUT2D eigenvalue weighted by atomic mass is 32.2. The van der Waals surface area contributed by atoms with Gasteiger partial charge in [-0.3, -0.25) is 0 Å². The first kappa shape index (κ1) is 27.8. The summed E-state index contributed by atoms with van der Waals surface area (Å²) >= 11 is 3.09. The van der Waals surface area contributed by atoms with E-state index in [0.717, 1.165) is 0 Å². The molecule has 6 N–H and O–H groups in total. The van der Waals surface area contributed by atoms with Gasteiger partial charge >= 0.3 is 24.2 Å². The molecule has 0 saturated carbocycles. The van der Waals surface area contributed by atoms with Gasteiger partial charge in [0, 0.05) is 0 Å². The predicted molar refractivity (Wildman–Crippen MR) is 117 cm³/mol. The Balaban J connectivity index is 4.54. The summed E-state index contributed by atoms with van der Waals surface area (Å²) in [6, 6.07) is -1.46. The Morgan fingerprint density at radius 3 is 1.37 bits per heavy atom. The maximum Gasteiger partial charge on any atom is 0.408 e. The molecule has 30 heavy (non-hydrogen) atoms. The summed E-state index contributed by atoms with van der Waals surface area (Å²) < 4.78 is 9.60. The van der Waals surface area contributed by atoms with Crippen molar-refractivity contribution in [1.29, 1.82) is 0 Å². The minimum Gasteiger partial charge on any atom is -0.450 e. The number of hydrogen-bond donors (Lipinski definition) is 6. The van der Waals surface area contributed by atoms with Crippen molar-refractivity contribution in [3.8, 4) is 0 Å². The Labute approximate surface area is 185 Å². The number of ether oxygens (including phenoxy) is 2. The third kappa shape index (κ3) is 14.7. The average Bonchev–Trinajstić information content (AvgIpc) is 2.69. The van der Waals surface area contributed by atoms with Crippen LogP contribution in [0.2, 0.25) is 0 Å². The number of rotatable bonds is 12. The molecule has 0 fully saturated rings. The number of hydrazine groups is 1. The van der Waals surface area contributed by atoms with Gasteiger partial charge in [0.05, 0.1) is 13.2 Å². The Morgan fingerprint density at radius 2 is 1.07 bits per heavy atom. The highest BCUT2D eigenvalue weighted by molar-refractivity contribution is 7.98. The first-order valence-electron chi connectivity index (χ1n) is 9.33. The maximum absolute atomic E-state index is 12.0. The van der Waals surface area contributed by atoms with Gasteiger partial charge in [-0.15, -0.1) is 0 Å². The number of thioether (sulfide) groups is 2. The summed E-state index contributed by atoms with van der Waals surface area (Å²) in [5, 5.41) is 10.1. The van der Waals surface area contributed by atoms with Crippen LogP contribution in [0.15, 0.2) is 0 Å². The predicted octanol–water partition coefficient (Wildman–Crippen LogP) is 1.15. The fourth-order valence-corrected chi connectivity index (χ4v) is 2.91. The molecule has 0 rings (SSSR count). The lowest BCUT2D eigenvalue weighted by atomic mass is 10.4. The van der Waals surface area contributed by atoms with E-state index in [2.05, 4.69) is 32.1 Å². The molecule has 0 aromatic rings. The normalized spacial score (nSPS) is 12.0. The Bertz CT molecular complexity index is 496. The summed E-state index contributed by atoms with van der Waals surface area (Å²) in [5.74, 6) is 1.36. The quantitative estimate of drug-likeness (QED) is 0.184. The first-order chi connectivity index (χ1) is 14.4. The molecule has 2 atom stereocenters. The number of hydrogen-bond acceptors (Lipinski definition) is 8. The van der Waals surface area contributed by atoms with Crippen LogP contribution in [-0.2, 0) is 9.47 Å². The van der Waals surface area contributed by atoms with Crippen LogP contribution in [0.3, 0.4) is 0 Å². The van der Waals surface area contributed by atoms with Gasteiger partial charge in [-0.1, -0.05) is 0 Å². The van der Waals surface area contributed by atoms with E-state index in [4.69, 9.17) is 9.47 Å². The fraction of sp³-hybridized carbons (Fsp3) is 0.750. The number of carbonyl (C=O) groups excluding carboxylic acids is 4. The average molecular weight is 469 g/mol. The van der Waals surface area contributed by atoms with E-state index in [-0.39, 0.29) is 13.2 Å². The van der Waals surface area contributed by atoms with Crippen molar-refractivity contribution in [2.45, 2.75) is 39.0 Å². The zero-order valence-corrected chi connectivity index (χ0v) is 19.3. The molecule has 0 aliphatic rings. The third-order valence-corrected chi connectivity index (χ3v) is 4.54. The molecular formula is C16H32N6O6S2. The molecule has 174 valence electrons. The summed E-state index contributed by atoms with van der Waals surface area (Å²) in [7, 11) is 0. The second-order valence-electron chi connectivity index (χ2n) is 5.59. The maximum atomic E-state index is 12.0. The number of amides is 6. The molecule has 6 amide bonds. The van der Waals surface area contributed by atoms with Crippen molar-refractivity contribution in [3.05, 3.63) is 0 Å². The minimum absolute atomic E-state index is 0.201. The van der Waals surface area contributed by atoms with Gasteiger partial charge in [0.15, 0.2) is 0 Å². The standard InChI is InChI=1S/C16H32N6O6S2/c1-5-27-15(25)19-11(7-9-29-3)17-13(23)21-22-14(24)18-12(8-10-30-4)20-16(26)28-6-2/h11-12H,5-10H2,1-4H3,(H,19,25)(H,20,26)(H2,17,21,23)(H2,18,22,24)/t11-,12-/m0/s1. The molecule has 0 aromatic heterocycles. The number of carbonyl (C=O) groups is 4. The van der Waals surface area contributed by atoms with E-state index in [9.17, 15) is 19.2 Å². The Morgan fingerprint density at radius 1 is 0.700 bits per heavy atom. The molecule has 0 aromatic carbocycles. The smallest absolute Gasteiger partial charge is 0.408 e. The summed E-state index contributed by atoms with van der Waals surface area (Å²) in [5.41, 5.74) is 4.35. The molecule has 0 spiro atoms. The van der Waals surface area contributed by atoms with E-state index < -0.39 is 36.6 Å². The van der Waals surface area contributed by atoms with Crippen LogP contribution >= 0.6 is 23.5 Å². The molecule has 0 bridgehead atoms. The molecule has 0 saturated heterocycles. The topological polar surface area (TPSA) is 159 Å². The highest BCUT2D eigenvalue weighted by Gasteiger charge is 2.18. The van der Waals surface area contributed by atoms with Gasteiger partial charge in [-0.25, -0.2) is 30.0 Å². The van der Waals surface area contributed by atoms with E-state index in [0.29, 0.717) is 24.3 Å². The van der Waals surface area contributed by atoms with Crippen molar-refractivity contribution in [1.82, 2.24) is 32.1 Å². The van der Waals surface area contributed by atoms with Gasteiger partial charge in [-0.2, -0.15) is 23.5 Å². The Kier molecular flexibility index (Phi) is 16.3. The SMILES string of the molecule is CCOC(=O)N[C@@H](CCSC)NC(=O)NNC(=O)N[C@H](CCSC)NC(=O)OCC. The van der Waals surface area contributed by atoms with Gasteiger partial charge < -0.3 is 30.7 Å². The molecule has 0 unspecified atom stereocenters. The van der Waals surface area contributed by atoms with Crippen molar-refractivity contribution in [3.63, 3.8) is 0 Å². The van der Waals surface area contributed by atoms with Crippen LogP contribution < -0.4 is 32.1 Å². The van der Waals surface area contributed by atoms with Crippen LogP contribution in [0.25, 0.3) is 0 Å². The van der Waals surface area contributed by atoms with Crippen LogP contribution in [-0.4, -0.2) is 73.8 Å². The van der Waals surface area contributed by atoms with E-state index in [1.54, 1.807) is 37.4 Å². The second-order valence-corrected chi connectivity index (χ2v) is 7.57. The fourth-order valence-electron chi connectivity index (χ4n) is 1.96. The van der Waals surface area contributed by atoms with E-state index in [1.165, 1.54) is 0 Å². The highest BCUT2D eigenvalue weighted by Crippen LogP contribution is 2.00. The van der Waals surface area contributed by atoms with Gasteiger partial charge in [-0.05, 0) is 50.7 Å². The lowest BCUT2D eigenvalue weighted by molar-refractivity contribution is 0.144. The third-order valence-electron chi connectivity index (χ3n) is 3.26. The van der Waals surface area contributed by atoms with Crippen LogP contribution in [0.1, 0.15) is 26.7 Å². The molecule has 12 nitrogen and oxygen atoms in total. The first-order valence-corrected chi connectivity index (χ1v) is 12.1. The molecule has 0 aliphatic carbocycles. The number of alkyl carbamates (subject to hydrolysis) is 2. The van der Waals surface area contributed by atoms with Gasteiger partial charge in [0.25, 0.3) is 0 Å². The molecular weight excluding hydrogens is 436 g/mol. The largest absolute Gasteiger partial charge is 0.450 e. The van der Waals surface area contributed by atoms with Crippen LogP contribution in [0.5, 0.6) is 0 Å². The monoisotopic (exact) mass is 468 g/mol. The number of nitrogens with one attached hydrogen (secondary N) is 6. The van der Waals surface area contributed by atoms with Crippen molar-refractivity contribution in [2.75, 3.05) is 37.2 Å². The zero-order valence-electron chi connectivity index (χ0n) is 17.7.